The predicted molar refractivity (Wildman–Crippen MR) is 96.3 cm³/mol. The fourth-order valence-corrected chi connectivity index (χ4v) is 3.18. The van der Waals surface area contributed by atoms with Gasteiger partial charge in [0.05, 0.1) is 18.7 Å². The number of nitrogens with one attached hydrogen (secondary N) is 1. The third-order valence-electron chi connectivity index (χ3n) is 4.55. The van der Waals surface area contributed by atoms with E-state index in [2.05, 4.69) is 5.32 Å². The summed E-state index contributed by atoms with van der Waals surface area (Å²) < 4.78 is 31.8. The van der Waals surface area contributed by atoms with Crippen LogP contribution < -0.4 is 10.1 Å². The molecule has 1 aliphatic rings. The zero-order valence-electron chi connectivity index (χ0n) is 14.9. The number of ether oxygens (including phenoxy) is 1. The number of nitrogens with zero attached hydrogens (tertiary/aromatic N) is 1. The number of halogens is 3. The lowest BCUT2D eigenvalue weighted by molar-refractivity contribution is -0.130. The van der Waals surface area contributed by atoms with Gasteiger partial charge >= 0.3 is 6.03 Å². The molecule has 0 bridgehead atoms. The Balaban J connectivity index is 1.84. The van der Waals surface area contributed by atoms with Gasteiger partial charge in [0.1, 0.15) is 11.3 Å². The fourth-order valence-electron chi connectivity index (χ4n) is 2.92. The molecule has 1 heterocycles. The number of hydrogen-bond acceptors (Lipinski definition) is 4. The minimum Gasteiger partial charge on any atom is -0.495 e. The molecule has 1 atom stereocenters. The summed E-state index contributed by atoms with van der Waals surface area (Å²) in [5.74, 6) is -3.13. The molecular weight excluding hydrogens is 394 g/mol. The van der Waals surface area contributed by atoms with Crippen LogP contribution in [0.25, 0.3) is 0 Å². The largest absolute Gasteiger partial charge is 0.495 e. The van der Waals surface area contributed by atoms with Gasteiger partial charge in [-0.1, -0.05) is 17.7 Å². The van der Waals surface area contributed by atoms with Crippen LogP contribution in [0.5, 0.6) is 5.75 Å². The fraction of sp³-hybridized carbons (Fsp3) is 0.211. The zero-order chi connectivity index (χ0) is 20.6. The van der Waals surface area contributed by atoms with Gasteiger partial charge in [-0.2, -0.15) is 0 Å². The number of amides is 3. The molecule has 2 aromatic rings. The molecule has 0 saturated carbocycles. The second-order valence-corrected chi connectivity index (χ2v) is 6.76. The number of ketones is 1. The number of benzene rings is 2. The van der Waals surface area contributed by atoms with Gasteiger partial charge in [0, 0.05) is 5.56 Å². The topological polar surface area (TPSA) is 75.7 Å². The molecule has 3 amide bonds. The third kappa shape index (κ3) is 3.31. The van der Waals surface area contributed by atoms with E-state index in [9.17, 15) is 23.2 Å². The molecule has 3 rings (SSSR count). The van der Waals surface area contributed by atoms with Gasteiger partial charge in [-0.15, -0.1) is 0 Å². The lowest BCUT2D eigenvalue weighted by atomic mass is 9.92. The van der Waals surface area contributed by atoms with Gasteiger partial charge in [-0.05, 0) is 42.8 Å². The molecule has 1 fully saturated rings. The maximum absolute atomic E-state index is 13.6. The Kier molecular flexibility index (Phi) is 5.08. The van der Waals surface area contributed by atoms with E-state index in [0.29, 0.717) is 5.75 Å². The number of imide groups is 1. The summed E-state index contributed by atoms with van der Waals surface area (Å²) >= 11 is 6.00. The van der Waals surface area contributed by atoms with E-state index in [0.717, 1.165) is 17.0 Å². The first-order valence-corrected chi connectivity index (χ1v) is 8.51. The molecule has 0 radical (unpaired) electrons. The Bertz CT molecular complexity index is 998. The summed E-state index contributed by atoms with van der Waals surface area (Å²) in [5.41, 5.74) is -1.37. The molecule has 28 heavy (non-hydrogen) atoms. The number of hydrogen-bond donors (Lipinski definition) is 1. The van der Waals surface area contributed by atoms with E-state index in [1.165, 1.54) is 38.3 Å². The van der Waals surface area contributed by atoms with Crippen LogP contribution in [0, 0.1) is 11.6 Å². The summed E-state index contributed by atoms with van der Waals surface area (Å²) in [5, 5.41) is 2.64. The van der Waals surface area contributed by atoms with Gasteiger partial charge in [-0.25, -0.2) is 13.6 Å². The van der Waals surface area contributed by atoms with Gasteiger partial charge in [0.25, 0.3) is 5.91 Å². The molecule has 9 heteroatoms. The third-order valence-corrected chi connectivity index (χ3v) is 4.84. The monoisotopic (exact) mass is 408 g/mol. The molecular formula is C19H15ClF2N2O4. The molecule has 6 nitrogen and oxygen atoms in total. The highest BCUT2D eigenvalue weighted by Gasteiger charge is 2.49. The van der Waals surface area contributed by atoms with Crippen LogP contribution in [0.15, 0.2) is 36.4 Å². The van der Waals surface area contributed by atoms with Crippen molar-refractivity contribution in [1.82, 2.24) is 10.2 Å². The first-order valence-electron chi connectivity index (χ1n) is 8.13. The lowest BCUT2D eigenvalue weighted by Crippen LogP contribution is -2.41. The summed E-state index contributed by atoms with van der Waals surface area (Å²) in [6, 6.07) is 6.41. The Labute approximate surface area is 164 Å². The average molecular weight is 409 g/mol. The molecule has 0 aliphatic carbocycles. The Morgan fingerprint density at radius 2 is 1.89 bits per heavy atom. The van der Waals surface area contributed by atoms with Gasteiger partial charge in [0.15, 0.2) is 17.4 Å². The summed E-state index contributed by atoms with van der Waals surface area (Å²) in [6.07, 6.45) is 0. The van der Waals surface area contributed by atoms with Crippen molar-refractivity contribution in [3.05, 3.63) is 64.2 Å². The van der Waals surface area contributed by atoms with Crippen LogP contribution >= 0.6 is 11.6 Å². The molecule has 2 aromatic carbocycles. The van der Waals surface area contributed by atoms with Crippen molar-refractivity contribution in [3.63, 3.8) is 0 Å². The van der Waals surface area contributed by atoms with Crippen LogP contribution in [0.1, 0.15) is 22.8 Å². The van der Waals surface area contributed by atoms with E-state index in [1.54, 1.807) is 0 Å². The van der Waals surface area contributed by atoms with Crippen LogP contribution in [-0.4, -0.2) is 36.3 Å². The number of carbonyl (C=O) groups is 3. The van der Waals surface area contributed by atoms with Crippen molar-refractivity contribution in [3.8, 4) is 5.75 Å². The number of carbonyl (C=O) groups excluding carboxylic acids is 3. The summed E-state index contributed by atoms with van der Waals surface area (Å²) in [6.45, 7) is 0.821. The Hall–Kier alpha value is -3.00. The molecule has 1 N–H and O–H groups in total. The van der Waals surface area contributed by atoms with Crippen molar-refractivity contribution in [2.24, 2.45) is 0 Å². The number of rotatable bonds is 5. The van der Waals surface area contributed by atoms with Crippen molar-refractivity contribution in [2.75, 3.05) is 13.7 Å². The van der Waals surface area contributed by atoms with Gasteiger partial charge in [-0.3, -0.25) is 14.5 Å². The highest BCUT2D eigenvalue weighted by molar-refractivity contribution is 6.32. The van der Waals surface area contributed by atoms with Crippen LogP contribution in [0.4, 0.5) is 13.6 Å². The quantitative estimate of drug-likeness (QED) is 0.608. The van der Waals surface area contributed by atoms with Crippen molar-refractivity contribution in [1.29, 1.82) is 0 Å². The standard InChI is InChI=1S/C19H15ClF2N2O4/c1-19(11-4-5-13(21)14(22)8-11)17(26)24(18(27)23-19)9-15(25)10-3-6-16(28-2)12(20)7-10/h3-8H,9H2,1-2H3,(H,23,27). The molecule has 1 aliphatic heterocycles. The van der Waals surface area contributed by atoms with Crippen LogP contribution in [0.2, 0.25) is 5.02 Å². The number of Topliss-reactive ketones (excluding diaryl/α,β-unsaturated/α-hetero) is 1. The Morgan fingerprint density at radius 3 is 2.50 bits per heavy atom. The van der Waals surface area contributed by atoms with Gasteiger partial charge < -0.3 is 10.1 Å². The number of methoxy groups -OCH3 is 1. The normalized spacial score (nSPS) is 19.0. The highest BCUT2D eigenvalue weighted by Crippen LogP contribution is 2.30. The predicted octanol–water partition coefficient (Wildman–Crippen LogP) is 3.28. The minimum absolute atomic E-state index is 0.0622. The van der Waals surface area contributed by atoms with E-state index in [1.807, 2.05) is 0 Å². The average Bonchev–Trinajstić information content (AvgIpc) is 2.87. The van der Waals surface area contributed by atoms with Crippen molar-refractivity contribution < 1.29 is 27.9 Å². The highest BCUT2D eigenvalue weighted by atomic mass is 35.5. The lowest BCUT2D eigenvalue weighted by Gasteiger charge is -2.22. The van der Waals surface area contributed by atoms with Gasteiger partial charge in [0.2, 0.25) is 0 Å². The van der Waals surface area contributed by atoms with Crippen molar-refractivity contribution >= 4 is 29.3 Å². The Morgan fingerprint density at radius 1 is 1.18 bits per heavy atom. The summed E-state index contributed by atoms with van der Waals surface area (Å²) in [4.78, 5) is 38.3. The molecule has 0 aromatic heterocycles. The smallest absolute Gasteiger partial charge is 0.325 e. The minimum atomic E-state index is -1.62. The van der Waals surface area contributed by atoms with Crippen molar-refractivity contribution in [2.45, 2.75) is 12.5 Å². The maximum atomic E-state index is 13.6. The second kappa shape index (κ2) is 7.20. The first kappa shape index (κ1) is 19.8. The molecule has 1 saturated heterocycles. The molecule has 1 unspecified atom stereocenters. The summed E-state index contributed by atoms with van der Waals surface area (Å²) in [7, 11) is 1.43. The van der Waals surface area contributed by atoms with E-state index in [-0.39, 0.29) is 16.1 Å². The molecule has 0 spiro atoms. The van der Waals surface area contributed by atoms with E-state index < -0.39 is 41.4 Å². The van der Waals surface area contributed by atoms with E-state index >= 15 is 0 Å². The van der Waals surface area contributed by atoms with Crippen LogP contribution in [0.3, 0.4) is 0 Å². The first-order chi connectivity index (χ1) is 13.2. The maximum Gasteiger partial charge on any atom is 0.325 e. The zero-order valence-corrected chi connectivity index (χ0v) is 15.6. The van der Waals surface area contributed by atoms with E-state index in [4.69, 9.17) is 16.3 Å². The SMILES string of the molecule is COc1ccc(C(=O)CN2C(=O)NC(C)(c3ccc(F)c(F)c3)C2=O)cc1Cl. The molecule has 146 valence electrons. The number of urea groups is 1. The van der Waals surface area contributed by atoms with Crippen LogP contribution in [-0.2, 0) is 10.3 Å². The second-order valence-electron chi connectivity index (χ2n) is 6.35.